The molecule has 2 heterocycles. The highest BCUT2D eigenvalue weighted by Gasteiger charge is 2.37. The number of nitrogens with one attached hydrogen (secondary N) is 4. The van der Waals surface area contributed by atoms with Gasteiger partial charge in [0.2, 0.25) is 0 Å². The third kappa shape index (κ3) is 5.18. The number of anilines is 1. The van der Waals surface area contributed by atoms with Crippen molar-refractivity contribution in [3.8, 4) is 0 Å². The van der Waals surface area contributed by atoms with Gasteiger partial charge < -0.3 is 5.32 Å². The molecule has 4 aromatic carbocycles. The molecule has 0 saturated heterocycles. The summed E-state index contributed by atoms with van der Waals surface area (Å²) in [7, 11) is 0. The van der Waals surface area contributed by atoms with E-state index >= 15 is 0 Å². The van der Waals surface area contributed by atoms with E-state index in [9.17, 15) is 9.18 Å². The van der Waals surface area contributed by atoms with Crippen LogP contribution in [-0.2, 0) is 10.3 Å². The van der Waals surface area contributed by atoms with Crippen molar-refractivity contribution in [3.63, 3.8) is 0 Å². The van der Waals surface area contributed by atoms with Crippen LogP contribution in [0.1, 0.15) is 33.9 Å². The zero-order valence-electron chi connectivity index (χ0n) is 22.5. The van der Waals surface area contributed by atoms with Crippen LogP contribution < -0.4 is 16.1 Å². The number of aromatic amines is 1. The predicted octanol–water partition coefficient (Wildman–Crippen LogP) is 5.81. The number of nitrogens with zero attached hydrogens (tertiary/aromatic N) is 2. The topological polar surface area (TPSA) is 94.2 Å². The van der Waals surface area contributed by atoms with Gasteiger partial charge in [0, 0.05) is 13.1 Å². The smallest absolute Gasteiger partial charge is 0.253 e. The number of aromatic nitrogens is 2. The molecule has 0 saturated carbocycles. The third-order valence-electron chi connectivity index (χ3n) is 7.45. The lowest BCUT2D eigenvalue weighted by Gasteiger charge is -2.37. The second kappa shape index (κ2) is 12.0. The van der Waals surface area contributed by atoms with Crippen molar-refractivity contribution in [2.24, 2.45) is 5.10 Å². The lowest BCUT2D eigenvalue weighted by atomic mass is 9.77. The van der Waals surface area contributed by atoms with Crippen LogP contribution >= 0.6 is 11.6 Å². The van der Waals surface area contributed by atoms with E-state index in [2.05, 4.69) is 104 Å². The Kier molecular flexibility index (Phi) is 7.81. The van der Waals surface area contributed by atoms with Gasteiger partial charge in [-0.05, 0) is 34.4 Å². The van der Waals surface area contributed by atoms with Crippen LogP contribution in [-0.4, -0.2) is 34.9 Å². The number of amides is 1. The summed E-state index contributed by atoms with van der Waals surface area (Å²) < 4.78 is 13.8. The van der Waals surface area contributed by atoms with E-state index < -0.39 is 17.3 Å². The molecule has 1 atom stereocenters. The Bertz CT molecular complexity index is 1610. The molecule has 1 aliphatic rings. The van der Waals surface area contributed by atoms with Crippen molar-refractivity contribution in [2.45, 2.75) is 11.5 Å². The minimum Gasteiger partial charge on any atom is -0.381 e. The molecule has 9 heteroatoms. The van der Waals surface area contributed by atoms with Crippen LogP contribution in [0.25, 0.3) is 0 Å². The van der Waals surface area contributed by atoms with E-state index in [4.69, 9.17) is 11.6 Å². The summed E-state index contributed by atoms with van der Waals surface area (Å²) in [6.45, 7) is 1.13. The van der Waals surface area contributed by atoms with Crippen molar-refractivity contribution in [2.75, 3.05) is 18.4 Å². The fourth-order valence-electron chi connectivity index (χ4n) is 5.50. The van der Waals surface area contributed by atoms with Crippen molar-refractivity contribution in [1.82, 2.24) is 20.9 Å². The molecule has 1 aliphatic heterocycles. The highest BCUT2D eigenvalue weighted by atomic mass is 35.5. The number of hydrazone groups is 1. The lowest BCUT2D eigenvalue weighted by Crippen LogP contribution is -2.46. The Morgan fingerprint density at radius 2 is 1.43 bits per heavy atom. The van der Waals surface area contributed by atoms with Gasteiger partial charge in [0.05, 0.1) is 22.4 Å². The molecule has 6 rings (SSSR count). The second-order valence-electron chi connectivity index (χ2n) is 9.94. The maximum Gasteiger partial charge on any atom is 0.253 e. The van der Waals surface area contributed by atoms with Crippen LogP contribution in [0.2, 0.25) is 5.02 Å². The molecule has 1 unspecified atom stereocenters. The first-order valence-corrected chi connectivity index (χ1v) is 14.0. The number of carbonyl (C=O) groups excluding carboxylic acids is 1. The van der Waals surface area contributed by atoms with E-state index in [0.29, 0.717) is 35.7 Å². The van der Waals surface area contributed by atoms with E-state index in [1.165, 1.54) is 18.2 Å². The summed E-state index contributed by atoms with van der Waals surface area (Å²) in [6.07, 6.45) is 1.66. The Morgan fingerprint density at radius 1 is 0.833 bits per heavy atom. The highest BCUT2D eigenvalue weighted by Crippen LogP contribution is 2.37. The standard InChI is InChI=1S/C33H28ClFN6O/c34-26-20-22(16-17-27(26)35)29-31(40-41-32(29)42)30-28(21-38-39-30)36-18-19-37-33(23-10-4-1-5-11-23,24-12-6-2-7-13-24)25-14-8-3-9-15-25/h1-17,20-21,29,36-37H,18-19H2,(H,38,39)(H,41,42). The van der Waals surface area contributed by atoms with Crippen molar-refractivity contribution < 1.29 is 9.18 Å². The monoisotopic (exact) mass is 578 g/mol. The van der Waals surface area contributed by atoms with Gasteiger partial charge in [0.25, 0.3) is 5.91 Å². The maximum absolute atomic E-state index is 13.8. The Balaban J connectivity index is 1.25. The lowest BCUT2D eigenvalue weighted by molar-refractivity contribution is -0.120. The van der Waals surface area contributed by atoms with Crippen molar-refractivity contribution in [3.05, 3.63) is 154 Å². The normalized spacial score (nSPS) is 14.9. The molecule has 5 aromatic rings. The van der Waals surface area contributed by atoms with Gasteiger partial charge >= 0.3 is 0 Å². The molecule has 1 aromatic heterocycles. The predicted molar refractivity (Wildman–Crippen MR) is 163 cm³/mol. The third-order valence-corrected chi connectivity index (χ3v) is 7.74. The van der Waals surface area contributed by atoms with E-state index in [1.54, 1.807) is 6.20 Å². The van der Waals surface area contributed by atoms with Crippen LogP contribution in [0.4, 0.5) is 10.1 Å². The first-order chi connectivity index (χ1) is 20.6. The summed E-state index contributed by atoms with van der Waals surface area (Å²) in [5.41, 5.74) is 7.55. The summed E-state index contributed by atoms with van der Waals surface area (Å²) in [5, 5.41) is 18.7. The van der Waals surface area contributed by atoms with Crippen LogP contribution in [0.15, 0.2) is 120 Å². The SMILES string of the molecule is O=C1NN=C(c2[nH]ncc2NCCNC(c2ccccc2)(c2ccccc2)c2ccccc2)C1c1ccc(F)c(Cl)c1. The summed E-state index contributed by atoms with van der Waals surface area (Å²) in [5.74, 6) is -1.64. The van der Waals surface area contributed by atoms with Gasteiger partial charge in [-0.2, -0.15) is 10.2 Å². The molecular weight excluding hydrogens is 551 g/mol. The molecule has 1 amide bonds. The highest BCUT2D eigenvalue weighted by molar-refractivity contribution is 6.31. The number of hydrogen-bond acceptors (Lipinski definition) is 5. The average molecular weight is 579 g/mol. The molecule has 0 radical (unpaired) electrons. The molecule has 210 valence electrons. The molecule has 0 bridgehead atoms. The first-order valence-electron chi connectivity index (χ1n) is 13.6. The van der Waals surface area contributed by atoms with Gasteiger partial charge in [-0.25, -0.2) is 9.82 Å². The van der Waals surface area contributed by atoms with Crippen LogP contribution in [0.5, 0.6) is 0 Å². The molecule has 4 N–H and O–H groups in total. The van der Waals surface area contributed by atoms with Gasteiger partial charge in [-0.15, -0.1) is 0 Å². The number of H-pyrrole nitrogens is 1. The number of benzene rings is 4. The molecule has 0 spiro atoms. The fourth-order valence-corrected chi connectivity index (χ4v) is 5.69. The number of rotatable bonds is 10. The minimum absolute atomic E-state index is 0.0562. The first kappa shape index (κ1) is 27.4. The number of carbonyl (C=O) groups is 1. The molecular formula is C33H28ClFN6O. The molecule has 0 fully saturated rings. The van der Waals surface area contributed by atoms with E-state index in [-0.39, 0.29) is 10.9 Å². The van der Waals surface area contributed by atoms with Gasteiger partial charge in [0.1, 0.15) is 23.1 Å². The van der Waals surface area contributed by atoms with Crippen LogP contribution in [0, 0.1) is 5.82 Å². The van der Waals surface area contributed by atoms with Gasteiger partial charge in [-0.3, -0.25) is 15.2 Å². The zero-order valence-corrected chi connectivity index (χ0v) is 23.3. The molecule has 42 heavy (non-hydrogen) atoms. The zero-order chi connectivity index (χ0) is 28.9. The largest absolute Gasteiger partial charge is 0.381 e. The van der Waals surface area contributed by atoms with E-state index in [1.807, 2.05) is 18.2 Å². The number of hydrogen-bond donors (Lipinski definition) is 4. The average Bonchev–Trinajstić information content (AvgIpc) is 3.66. The second-order valence-corrected chi connectivity index (χ2v) is 10.3. The Labute approximate surface area is 247 Å². The molecule has 0 aliphatic carbocycles. The van der Waals surface area contributed by atoms with Gasteiger partial charge in [0.15, 0.2) is 0 Å². The van der Waals surface area contributed by atoms with Gasteiger partial charge in [-0.1, -0.05) is 109 Å². The Morgan fingerprint density at radius 3 is 2.00 bits per heavy atom. The minimum atomic E-state index is -0.760. The Hall–Kier alpha value is -4.79. The summed E-state index contributed by atoms with van der Waals surface area (Å²) >= 11 is 6.01. The molecule has 7 nitrogen and oxygen atoms in total. The van der Waals surface area contributed by atoms with Crippen molar-refractivity contribution >= 4 is 28.9 Å². The quantitative estimate of drug-likeness (QED) is 0.124. The summed E-state index contributed by atoms with van der Waals surface area (Å²) in [6, 6.07) is 35.4. The fraction of sp³-hybridized carbons (Fsp3) is 0.121. The van der Waals surface area contributed by atoms with Crippen molar-refractivity contribution in [1.29, 1.82) is 0 Å². The number of halogens is 2. The summed E-state index contributed by atoms with van der Waals surface area (Å²) in [4.78, 5) is 12.7. The maximum atomic E-state index is 13.8. The van der Waals surface area contributed by atoms with Crippen LogP contribution in [0.3, 0.4) is 0 Å². The van der Waals surface area contributed by atoms with E-state index in [0.717, 1.165) is 16.7 Å².